The molecule has 0 bridgehead atoms. The van der Waals surface area contributed by atoms with Gasteiger partial charge in [0.05, 0.1) is 10.0 Å². The SMILES string of the molecule is Cc1c(Cl)c(Cl)cc2c1N(Cc1ccccc1)CC21CCNC1. The molecule has 2 aliphatic rings. The van der Waals surface area contributed by atoms with Crippen LogP contribution in [0, 0.1) is 6.92 Å². The summed E-state index contributed by atoms with van der Waals surface area (Å²) in [6, 6.07) is 12.7. The Morgan fingerprint density at radius 3 is 2.70 bits per heavy atom. The molecule has 0 amide bonds. The van der Waals surface area contributed by atoms with Gasteiger partial charge < -0.3 is 10.2 Å². The van der Waals surface area contributed by atoms with Gasteiger partial charge in [-0.05, 0) is 42.6 Å². The lowest BCUT2D eigenvalue weighted by molar-refractivity contribution is 0.495. The zero-order valence-electron chi connectivity index (χ0n) is 13.2. The Bertz CT molecular complexity index is 737. The van der Waals surface area contributed by atoms with Crippen LogP contribution in [0.15, 0.2) is 36.4 Å². The predicted octanol–water partition coefficient (Wildman–Crippen LogP) is 4.55. The van der Waals surface area contributed by atoms with Crippen molar-refractivity contribution in [3.05, 3.63) is 63.1 Å². The van der Waals surface area contributed by atoms with Crippen LogP contribution in [0.5, 0.6) is 0 Å². The fraction of sp³-hybridized carbons (Fsp3) is 0.368. The normalized spacial score (nSPS) is 22.8. The standard InChI is InChI=1S/C19H20Cl2N2/c1-13-17(21)16(20)9-15-18(13)23(10-14-5-3-2-4-6-14)12-19(15)7-8-22-11-19/h2-6,9,22H,7-8,10-12H2,1H3. The van der Waals surface area contributed by atoms with Crippen LogP contribution in [-0.4, -0.2) is 19.6 Å². The fourth-order valence-electron chi connectivity index (χ4n) is 4.13. The Morgan fingerprint density at radius 1 is 1.22 bits per heavy atom. The van der Waals surface area contributed by atoms with E-state index in [9.17, 15) is 0 Å². The number of nitrogens with one attached hydrogen (secondary N) is 1. The Balaban J connectivity index is 1.81. The quantitative estimate of drug-likeness (QED) is 0.857. The van der Waals surface area contributed by atoms with Gasteiger partial charge in [-0.1, -0.05) is 53.5 Å². The highest BCUT2D eigenvalue weighted by Gasteiger charge is 2.45. The number of hydrogen-bond donors (Lipinski definition) is 1. The van der Waals surface area contributed by atoms with E-state index in [0.29, 0.717) is 10.0 Å². The van der Waals surface area contributed by atoms with E-state index in [0.717, 1.165) is 38.2 Å². The first-order chi connectivity index (χ1) is 11.1. The molecule has 2 aromatic carbocycles. The highest BCUT2D eigenvalue weighted by Crippen LogP contribution is 2.49. The van der Waals surface area contributed by atoms with Gasteiger partial charge in [-0.3, -0.25) is 0 Å². The van der Waals surface area contributed by atoms with Crippen molar-refractivity contribution in [1.82, 2.24) is 5.32 Å². The van der Waals surface area contributed by atoms with Gasteiger partial charge in [-0.15, -0.1) is 0 Å². The number of hydrogen-bond acceptors (Lipinski definition) is 2. The molecule has 1 fully saturated rings. The molecule has 2 aromatic rings. The highest BCUT2D eigenvalue weighted by atomic mass is 35.5. The van der Waals surface area contributed by atoms with Crippen LogP contribution >= 0.6 is 23.2 Å². The first kappa shape index (κ1) is 15.3. The average Bonchev–Trinajstić information content (AvgIpc) is 3.13. The lowest BCUT2D eigenvalue weighted by atomic mass is 9.81. The molecule has 4 rings (SSSR count). The molecular formula is C19H20Cl2N2. The average molecular weight is 347 g/mol. The van der Waals surface area contributed by atoms with Crippen molar-refractivity contribution in [1.29, 1.82) is 0 Å². The van der Waals surface area contributed by atoms with E-state index in [4.69, 9.17) is 23.2 Å². The molecule has 2 aliphatic heterocycles. The van der Waals surface area contributed by atoms with Gasteiger partial charge in [0.25, 0.3) is 0 Å². The molecule has 2 heterocycles. The molecule has 4 heteroatoms. The molecule has 23 heavy (non-hydrogen) atoms. The minimum atomic E-state index is 0.170. The summed E-state index contributed by atoms with van der Waals surface area (Å²) in [5.41, 5.74) is 5.25. The Hall–Kier alpha value is -1.22. The zero-order chi connectivity index (χ0) is 16.0. The van der Waals surface area contributed by atoms with Crippen LogP contribution in [0.3, 0.4) is 0 Å². The Morgan fingerprint density at radius 2 is 2.00 bits per heavy atom. The van der Waals surface area contributed by atoms with E-state index in [1.807, 2.05) is 0 Å². The summed E-state index contributed by atoms with van der Waals surface area (Å²) in [5, 5.41) is 4.89. The third kappa shape index (κ3) is 2.44. The predicted molar refractivity (Wildman–Crippen MR) is 97.9 cm³/mol. The van der Waals surface area contributed by atoms with Crippen molar-refractivity contribution in [2.75, 3.05) is 24.5 Å². The number of halogens is 2. The molecule has 1 saturated heterocycles. The second kappa shape index (κ2) is 5.70. The van der Waals surface area contributed by atoms with E-state index < -0.39 is 0 Å². The Labute approximate surface area is 147 Å². The van der Waals surface area contributed by atoms with Crippen molar-refractivity contribution in [3.8, 4) is 0 Å². The largest absolute Gasteiger partial charge is 0.366 e. The topological polar surface area (TPSA) is 15.3 Å². The summed E-state index contributed by atoms with van der Waals surface area (Å²) in [6.07, 6.45) is 1.16. The van der Waals surface area contributed by atoms with Gasteiger partial charge >= 0.3 is 0 Å². The monoisotopic (exact) mass is 346 g/mol. The van der Waals surface area contributed by atoms with Gasteiger partial charge in [0.15, 0.2) is 0 Å². The van der Waals surface area contributed by atoms with Crippen LogP contribution in [0.2, 0.25) is 10.0 Å². The van der Waals surface area contributed by atoms with Crippen LogP contribution < -0.4 is 10.2 Å². The number of anilines is 1. The van der Waals surface area contributed by atoms with E-state index >= 15 is 0 Å². The second-order valence-corrected chi connectivity index (χ2v) is 7.53. The molecule has 0 radical (unpaired) electrons. The fourth-order valence-corrected chi connectivity index (χ4v) is 4.53. The maximum atomic E-state index is 6.45. The van der Waals surface area contributed by atoms with Crippen LogP contribution in [0.1, 0.15) is 23.1 Å². The van der Waals surface area contributed by atoms with Gasteiger partial charge in [0.2, 0.25) is 0 Å². The first-order valence-corrected chi connectivity index (χ1v) is 8.85. The number of rotatable bonds is 2. The molecular weight excluding hydrogens is 327 g/mol. The van der Waals surface area contributed by atoms with E-state index in [-0.39, 0.29) is 5.41 Å². The highest BCUT2D eigenvalue weighted by molar-refractivity contribution is 6.42. The molecule has 120 valence electrons. The number of fused-ring (bicyclic) bond motifs is 2. The summed E-state index contributed by atoms with van der Waals surface area (Å²) < 4.78 is 0. The van der Waals surface area contributed by atoms with Crippen molar-refractivity contribution in [2.45, 2.75) is 25.3 Å². The zero-order valence-corrected chi connectivity index (χ0v) is 14.7. The molecule has 0 aliphatic carbocycles. The van der Waals surface area contributed by atoms with Crippen LogP contribution in [-0.2, 0) is 12.0 Å². The van der Waals surface area contributed by atoms with E-state index in [1.54, 1.807) is 0 Å². The summed E-state index contributed by atoms with van der Waals surface area (Å²) in [5.74, 6) is 0. The van der Waals surface area contributed by atoms with Crippen molar-refractivity contribution < 1.29 is 0 Å². The summed E-state index contributed by atoms with van der Waals surface area (Å²) in [4.78, 5) is 2.48. The van der Waals surface area contributed by atoms with Crippen molar-refractivity contribution in [2.24, 2.45) is 0 Å². The Kier molecular flexibility index (Phi) is 3.79. The third-order valence-corrected chi connectivity index (χ3v) is 6.14. The van der Waals surface area contributed by atoms with Crippen molar-refractivity contribution in [3.63, 3.8) is 0 Å². The van der Waals surface area contributed by atoms with Gasteiger partial charge in [-0.25, -0.2) is 0 Å². The van der Waals surface area contributed by atoms with E-state index in [1.165, 1.54) is 16.8 Å². The number of benzene rings is 2. The van der Waals surface area contributed by atoms with Crippen molar-refractivity contribution >= 4 is 28.9 Å². The summed E-state index contributed by atoms with van der Waals surface area (Å²) in [6.45, 7) is 6.11. The minimum absolute atomic E-state index is 0.170. The molecule has 2 nitrogen and oxygen atoms in total. The number of nitrogens with zero attached hydrogens (tertiary/aromatic N) is 1. The molecule has 0 aromatic heterocycles. The molecule has 0 saturated carbocycles. The molecule has 1 unspecified atom stereocenters. The van der Waals surface area contributed by atoms with Crippen LogP contribution in [0.25, 0.3) is 0 Å². The molecule has 1 atom stereocenters. The van der Waals surface area contributed by atoms with E-state index in [2.05, 4.69) is 53.5 Å². The minimum Gasteiger partial charge on any atom is -0.366 e. The molecule has 1 spiro atoms. The maximum absolute atomic E-state index is 6.45. The smallest absolute Gasteiger partial charge is 0.0642 e. The first-order valence-electron chi connectivity index (χ1n) is 8.09. The second-order valence-electron chi connectivity index (χ2n) is 6.74. The molecule has 1 N–H and O–H groups in total. The maximum Gasteiger partial charge on any atom is 0.0642 e. The summed E-state index contributed by atoms with van der Waals surface area (Å²) in [7, 11) is 0. The van der Waals surface area contributed by atoms with Crippen LogP contribution in [0.4, 0.5) is 5.69 Å². The lowest BCUT2D eigenvalue weighted by Gasteiger charge is -2.25. The summed E-state index contributed by atoms with van der Waals surface area (Å²) >= 11 is 12.8. The lowest BCUT2D eigenvalue weighted by Crippen LogP contribution is -2.35. The van der Waals surface area contributed by atoms with Gasteiger partial charge in [0, 0.05) is 30.7 Å². The van der Waals surface area contributed by atoms with Gasteiger partial charge in [0.1, 0.15) is 0 Å². The van der Waals surface area contributed by atoms with Gasteiger partial charge in [-0.2, -0.15) is 0 Å². The third-order valence-electron chi connectivity index (χ3n) is 5.26.